The summed E-state index contributed by atoms with van der Waals surface area (Å²) in [5.74, 6) is -0.245. The van der Waals surface area contributed by atoms with Crippen LogP contribution < -0.4 is 10.6 Å². The fraction of sp³-hybridized carbons (Fsp3) is 0.625. The monoisotopic (exact) mass is 186 g/mol. The molecule has 74 valence electrons. The van der Waals surface area contributed by atoms with E-state index in [1.54, 1.807) is 0 Å². The lowest BCUT2D eigenvalue weighted by Crippen LogP contribution is -2.38. The molecule has 0 aromatic carbocycles. The van der Waals surface area contributed by atoms with Gasteiger partial charge < -0.3 is 15.4 Å². The van der Waals surface area contributed by atoms with E-state index in [4.69, 9.17) is 0 Å². The molecule has 5 nitrogen and oxygen atoms in total. The Morgan fingerprint density at radius 1 is 1.46 bits per heavy atom. The van der Waals surface area contributed by atoms with Crippen molar-refractivity contribution in [2.45, 2.75) is 25.8 Å². The van der Waals surface area contributed by atoms with E-state index in [0.717, 1.165) is 6.29 Å². The largest absolute Gasteiger partial charge is 0.352 e. The molecule has 2 amide bonds. The lowest BCUT2D eigenvalue weighted by molar-refractivity contribution is -0.122. The Kier molecular flexibility index (Phi) is 6.49. The van der Waals surface area contributed by atoms with Crippen LogP contribution in [0.25, 0.3) is 0 Å². The normalized spacial score (nSPS) is 11.5. The predicted molar refractivity (Wildman–Crippen MR) is 47.0 cm³/mol. The molecule has 1 atom stereocenters. The quantitative estimate of drug-likeness (QED) is 0.512. The minimum Gasteiger partial charge on any atom is -0.352 e. The van der Waals surface area contributed by atoms with Crippen LogP contribution in [0.4, 0.5) is 0 Å². The van der Waals surface area contributed by atoms with Crippen molar-refractivity contribution in [2.24, 2.45) is 0 Å². The van der Waals surface area contributed by atoms with E-state index in [2.05, 4.69) is 10.6 Å². The third-order valence-corrected chi connectivity index (χ3v) is 1.47. The van der Waals surface area contributed by atoms with Gasteiger partial charge in [-0.25, -0.2) is 0 Å². The molecule has 2 N–H and O–H groups in total. The van der Waals surface area contributed by atoms with Gasteiger partial charge in [0.05, 0.1) is 6.54 Å². The predicted octanol–water partition coefficient (Wildman–Crippen LogP) is -0.784. The molecule has 1 unspecified atom stereocenters. The molecule has 0 aliphatic rings. The number of hydrogen-bond acceptors (Lipinski definition) is 3. The average Bonchev–Trinajstić information content (AvgIpc) is 2.11. The lowest BCUT2D eigenvalue weighted by Gasteiger charge is -2.11. The molecule has 0 saturated carbocycles. The van der Waals surface area contributed by atoms with Crippen LogP contribution in [-0.2, 0) is 14.4 Å². The summed E-state index contributed by atoms with van der Waals surface area (Å²) >= 11 is 0. The first-order valence-corrected chi connectivity index (χ1v) is 4.10. The van der Waals surface area contributed by atoms with Crippen molar-refractivity contribution >= 4 is 18.6 Å². The zero-order chi connectivity index (χ0) is 10.1. The van der Waals surface area contributed by atoms with Crippen molar-refractivity contribution in [2.75, 3.05) is 6.54 Å². The fourth-order valence-electron chi connectivity index (χ4n) is 0.850. The van der Waals surface area contributed by atoms with E-state index >= 15 is 0 Å². The number of amides is 2. The van der Waals surface area contributed by atoms with Gasteiger partial charge in [-0.1, -0.05) is 0 Å². The molecule has 0 aliphatic carbocycles. The molecule has 0 saturated heterocycles. The maximum Gasteiger partial charge on any atom is 0.239 e. The molecule has 0 bridgehead atoms. The highest BCUT2D eigenvalue weighted by atomic mass is 16.2. The number of rotatable bonds is 7. The molecule has 0 spiro atoms. The van der Waals surface area contributed by atoms with Crippen LogP contribution in [0.15, 0.2) is 0 Å². The molecule has 13 heavy (non-hydrogen) atoms. The van der Waals surface area contributed by atoms with Crippen LogP contribution in [0.5, 0.6) is 0 Å². The molecular formula is C8H14N2O3. The molecule has 0 heterocycles. The summed E-state index contributed by atoms with van der Waals surface area (Å²) in [6, 6.07) is -0.0360. The summed E-state index contributed by atoms with van der Waals surface area (Å²) in [5, 5.41) is 4.88. The van der Waals surface area contributed by atoms with Crippen LogP contribution in [0, 0.1) is 0 Å². The van der Waals surface area contributed by atoms with Gasteiger partial charge in [-0.3, -0.25) is 9.59 Å². The van der Waals surface area contributed by atoms with Crippen LogP contribution in [0.2, 0.25) is 0 Å². The maximum atomic E-state index is 11.0. The van der Waals surface area contributed by atoms with Gasteiger partial charge in [0, 0.05) is 12.5 Å². The fourth-order valence-corrected chi connectivity index (χ4v) is 0.850. The standard InChI is InChI=1S/C8H14N2O3/c1-7(3-2-4-11)10-8(13)5-9-6-12/h4,6-7H,2-3,5H2,1H3,(H,9,12)(H,10,13). The highest BCUT2D eigenvalue weighted by Crippen LogP contribution is 1.92. The topological polar surface area (TPSA) is 75.3 Å². The summed E-state index contributed by atoms with van der Waals surface area (Å²) < 4.78 is 0. The Bertz CT molecular complexity index is 182. The minimum atomic E-state index is -0.245. The van der Waals surface area contributed by atoms with Crippen molar-refractivity contribution in [1.29, 1.82) is 0 Å². The highest BCUT2D eigenvalue weighted by Gasteiger charge is 2.05. The van der Waals surface area contributed by atoms with E-state index in [-0.39, 0.29) is 18.5 Å². The van der Waals surface area contributed by atoms with Gasteiger partial charge in [0.1, 0.15) is 6.29 Å². The zero-order valence-corrected chi connectivity index (χ0v) is 7.58. The molecule has 0 aromatic heterocycles. The van der Waals surface area contributed by atoms with Gasteiger partial charge in [0.15, 0.2) is 0 Å². The van der Waals surface area contributed by atoms with Gasteiger partial charge in [0.2, 0.25) is 12.3 Å². The second-order valence-electron chi connectivity index (χ2n) is 2.71. The summed E-state index contributed by atoms with van der Waals surface area (Å²) in [5.41, 5.74) is 0. The molecular weight excluding hydrogens is 172 g/mol. The Morgan fingerprint density at radius 3 is 2.69 bits per heavy atom. The third kappa shape index (κ3) is 6.99. The minimum absolute atomic E-state index is 0.0189. The number of hydrogen-bond donors (Lipinski definition) is 2. The van der Waals surface area contributed by atoms with Crippen LogP contribution in [0.3, 0.4) is 0 Å². The van der Waals surface area contributed by atoms with E-state index in [0.29, 0.717) is 19.3 Å². The smallest absolute Gasteiger partial charge is 0.239 e. The second kappa shape index (κ2) is 7.27. The summed E-state index contributed by atoms with van der Waals surface area (Å²) in [6.45, 7) is 1.79. The summed E-state index contributed by atoms with van der Waals surface area (Å²) in [6.07, 6.45) is 2.33. The van der Waals surface area contributed by atoms with Crippen LogP contribution in [0.1, 0.15) is 19.8 Å². The first-order chi connectivity index (χ1) is 6.20. The third-order valence-electron chi connectivity index (χ3n) is 1.47. The Labute approximate surface area is 76.9 Å². The molecule has 0 rings (SSSR count). The van der Waals surface area contributed by atoms with E-state index < -0.39 is 0 Å². The average molecular weight is 186 g/mol. The van der Waals surface area contributed by atoms with E-state index in [1.165, 1.54) is 0 Å². The zero-order valence-electron chi connectivity index (χ0n) is 7.58. The van der Waals surface area contributed by atoms with Crippen molar-refractivity contribution in [3.8, 4) is 0 Å². The van der Waals surface area contributed by atoms with Gasteiger partial charge in [-0.15, -0.1) is 0 Å². The van der Waals surface area contributed by atoms with Crippen molar-refractivity contribution < 1.29 is 14.4 Å². The Morgan fingerprint density at radius 2 is 2.15 bits per heavy atom. The number of aldehydes is 1. The molecule has 5 heteroatoms. The van der Waals surface area contributed by atoms with E-state index in [1.807, 2.05) is 6.92 Å². The molecule has 0 aliphatic heterocycles. The van der Waals surface area contributed by atoms with Gasteiger partial charge in [-0.2, -0.15) is 0 Å². The van der Waals surface area contributed by atoms with Crippen LogP contribution >= 0.6 is 0 Å². The number of carbonyl (C=O) groups excluding carboxylic acids is 3. The van der Waals surface area contributed by atoms with Crippen molar-refractivity contribution in [3.05, 3.63) is 0 Å². The SMILES string of the molecule is CC(CCC=O)NC(=O)CNC=O. The summed E-state index contributed by atoms with van der Waals surface area (Å²) in [7, 11) is 0. The lowest BCUT2D eigenvalue weighted by atomic mass is 10.2. The van der Waals surface area contributed by atoms with Crippen molar-refractivity contribution in [1.82, 2.24) is 10.6 Å². The molecule has 0 fully saturated rings. The number of nitrogens with one attached hydrogen (secondary N) is 2. The Hall–Kier alpha value is -1.39. The second-order valence-corrected chi connectivity index (χ2v) is 2.71. The van der Waals surface area contributed by atoms with Crippen LogP contribution in [-0.4, -0.2) is 31.2 Å². The molecule has 0 radical (unpaired) electrons. The van der Waals surface area contributed by atoms with Crippen molar-refractivity contribution in [3.63, 3.8) is 0 Å². The van der Waals surface area contributed by atoms with Gasteiger partial charge in [-0.05, 0) is 13.3 Å². The highest BCUT2D eigenvalue weighted by molar-refractivity contribution is 5.80. The number of carbonyl (C=O) groups is 3. The first-order valence-electron chi connectivity index (χ1n) is 4.10. The van der Waals surface area contributed by atoms with E-state index in [9.17, 15) is 14.4 Å². The van der Waals surface area contributed by atoms with Gasteiger partial charge >= 0.3 is 0 Å². The first kappa shape index (κ1) is 11.6. The molecule has 0 aromatic rings. The summed E-state index contributed by atoms with van der Waals surface area (Å²) in [4.78, 5) is 30.8. The maximum absolute atomic E-state index is 11.0. The Balaban J connectivity index is 3.51. The van der Waals surface area contributed by atoms with Gasteiger partial charge in [0.25, 0.3) is 0 Å².